The summed E-state index contributed by atoms with van der Waals surface area (Å²) in [4.78, 5) is 18.7. The first-order valence-corrected chi connectivity index (χ1v) is 8.60. The van der Waals surface area contributed by atoms with Gasteiger partial charge < -0.3 is 9.64 Å². The third-order valence-corrected chi connectivity index (χ3v) is 4.98. The van der Waals surface area contributed by atoms with Gasteiger partial charge in [0.1, 0.15) is 0 Å². The van der Waals surface area contributed by atoms with E-state index in [-0.39, 0.29) is 5.41 Å². The highest BCUT2D eigenvalue weighted by atomic mass is 16.6. The van der Waals surface area contributed by atoms with Gasteiger partial charge >= 0.3 is 5.97 Å². The molecule has 26 heavy (non-hydrogen) atoms. The molecule has 4 rings (SSSR count). The minimum Gasteiger partial charge on any atom is -0.402 e. The first-order valence-electron chi connectivity index (χ1n) is 8.60. The van der Waals surface area contributed by atoms with Crippen molar-refractivity contribution in [2.24, 2.45) is 4.99 Å². The fourth-order valence-corrected chi connectivity index (χ4v) is 3.59. The molecule has 0 amide bonds. The second kappa shape index (κ2) is 5.99. The van der Waals surface area contributed by atoms with Crippen LogP contribution in [0.15, 0.2) is 83.1 Å². The van der Waals surface area contributed by atoms with E-state index in [2.05, 4.69) is 41.9 Å². The van der Waals surface area contributed by atoms with Crippen LogP contribution < -0.4 is 4.90 Å². The van der Waals surface area contributed by atoms with Crippen LogP contribution in [0, 0.1) is 0 Å². The number of rotatable bonds is 2. The number of hydrogen-bond donors (Lipinski definition) is 0. The van der Waals surface area contributed by atoms with E-state index in [4.69, 9.17) is 4.74 Å². The normalized spacial score (nSPS) is 21.1. The molecule has 0 aromatic heterocycles. The van der Waals surface area contributed by atoms with Crippen molar-refractivity contribution >= 4 is 17.6 Å². The number of ether oxygens (including phenoxy) is 1. The molecule has 0 unspecified atom stereocenters. The Bertz CT molecular complexity index is 969. The number of para-hydroxylation sites is 1. The second-order valence-electron chi connectivity index (χ2n) is 6.98. The maximum absolute atomic E-state index is 12.2. The largest absolute Gasteiger partial charge is 0.402 e. The zero-order valence-electron chi connectivity index (χ0n) is 15.1. The van der Waals surface area contributed by atoms with Crippen LogP contribution in [0.1, 0.15) is 25.0 Å². The average molecular weight is 344 g/mol. The average Bonchev–Trinajstić information content (AvgIpc) is 3.11. The van der Waals surface area contributed by atoms with Gasteiger partial charge in [0.15, 0.2) is 5.70 Å². The topological polar surface area (TPSA) is 41.9 Å². The lowest BCUT2D eigenvalue weighted by Gasteiger charge is -2.23. The number of fused-ring (bicyclic) bond motifs is 1. The number of carbonyl (C=O) groups excluding carboxylic acids is 1. The Kier molecular flexibility index (Phi) is 3.76. The van der Waals surface area contributed by atoms with Crippen LogP contribution in [0.3, 0.4) is 0 Å². The van der Waals surface area contributed by atoms with E-state index in [0.29, 0.717) is 11.6 Å². The number of aliphatic imine (C=N–C) groups is 1. The molecule has 0 N–H and O–H groups in total. The Morgan fingerprint density at radius 1 is 1.00 bits per heavy atom. The lowest BCUT2D eigenvalue weighted by atomic mass is 9.84. The standard InChI is InChI=1S/C22H20N2O2/c1-22(2)16-11-7-8-12-18(16)24(3)19(22)14-13-17-21(25)26-20(23-17)15-9-5-4-6-10-15/h4-14H,1-3H3/b17-13-,19-14-. The SMILES string of the molecule is CN1/C(=C\C=C2/N=C(c3ccccc3)OC2=O)C(C)(C)c2ccccc21. The first kappa shape index (κ1) is 16.3. The summed E-state index contributed by atoms with van der Waals surface area (Å²) in [5.41, 5.74) is 4.54. The molecular formula is C22H20N2O2. The van der Waals surface area contributed by atoms with E-state index in [1.165, 1.54) is 11.3 Å². The van der Waals surface area contributed by atoms with E-state index < -0.39 is 5.97 Å². The predicted molar refractivity (Wildman–Crippen MR) is 103 cm³/mol. The lowest BCUT2D eigenvalue weighted by molar-refractivity contribution is -0.130. The van der Waals surface area contributed by atoms with Crippen LogP contribution in [0.5, 0.6) is 0 Å². The Labute approximate surface area is 153 Å². The Hall–Kier alpha value is -3.14. The van der Waals surface area contributed by atoms with Crippen LogP contribution in [-0.2, 0) is 14.9 Å². The molecule has 2 aliphatic rings. The predicted octanol–water partition coefficient (Wildman–Crippen LogP) is 4.19. The smallest absolute Gasteiger partial charge is 0.363 e. The number of anilines is 1. The molecule has 2 aromatic rings. The highest BCUT2D eigenvalue weighted by Gasteiger charge is 2.37. The summed E-state index contributed by atoms with van der Waals surface area (Å²) in [5.74, 6) is -0.0701. The summed E-state index contributed by atoms with van der Waals surface area (Å²) in [6, 6.07) is 17.8. The van der Waals surface area contributed by atoms with Gasteiger partial charge in [-0.15, -0.1) is 0 Å². The zero-order valence-corrected chi connectivity index (χ0v) is 15.1. The van der Waals surface area contributed by atoms with Gasteiger partial charge in [0.2, 0.25) is 5.90 Å². The summed E-state index contributed by atoms with van der Waals surface area (Å²) < 4.78 is 5.32. The minimum atomic E-state index is -0.420. The van der Waals surface area contributed by atoms with Gasteiger partial charge in [-0.25, -0.2) is 9.79 Å². The van der Waals surface area contributed by atoms with Crippen molar-refractivity contribution in [2.75, 3.05) is 11.9 Å². The van der Waals surface area contributed by atoms with Crippen molar-refractivity contribution in [3.05, 3.63) is 89.3 Å². The molecule has 0 fully saturated rings. The number of hydrogen-bond acceptors (Lipinski definition) is 4. The number of benzene rings is 2. The molecule has 2 aromatic carbocycles. The van der Waals surface area contributed by atoms with Crippen LogP contribution in [0.4, 0.5) is 5.69 Å². The van der Waals surface area contributed by atoms with Gasteiger partial charge in [0.05, 0.1) is 0 Å². The molecule has 4 heteroatoms. The maximum Gasteiger partial charge on any atom is 0.363 e. The summed E-state index contributed by atoms with van der Waals surface area (Å²) in [7, 11) is 2.05. The van der Waals surface area contributed by atoms with Gasteiger partial charge in [-0.2, -0.15) is 0 Å². The van der Waals surface area contributed by atoms with Gasteiger partial charge in [0, 0.05) is 29.4 Å². The van der Waals surface area contributed by atoms with E-state index in [1.807, 2.05) is 49.5 Å². The molecule has 0 aliphatic carbocycles. The Morgan fingerprint density at radius 3 is 2.42 bits per heavy atom. The van der Waals surface area contributed by atoms with E-state index in [0.717, 1.165) is 11.3 Å². The van der Waals surface area contributed by atoms with E-state index >= 15 is 0 Å². The summed E-state index contributed by atoms with van der Waals surface area (Å²) in [5, 5.41) is 0. The number of carbonyl (C=O) groups is 1. The van der Waals surface area contributed by atoms with E-state index in [9.17, 15) is 4.79 Å². The van der Waals surface area contributed by atoms with Gasteiger partial charge in [-0.1, -0.05) is 50.2 Å². The third-order valence-electron chi connectivity index (χ3n) is 4.98. The summed E-state index contributed by atoms with van der Waals surface area (Å²) >= 11 is 0. The van der Waals surface area contributed by atoms with Crippen molar-refractivity contribution in [3.63, 3.8) is 0 Å². The van der Waals surface area contributed by atoms with Gasteiger partial charge in [-0.3, -0.25) is 0 Å². The van der Waals surface area contributed by atoms with Crippen LogP contribution >= 0.6 is 0 Å². The van der Waals surface area contributed by atoms with Crippen LogP contribution in [-0.4, -0.2) is 18.9 Å². The monoisotopic (exact) mass is 344 g/mol. The molecule has 0 atom stereocenters. The second-order valence-corrected chi connectivity index (χ2v) is 6.98. The number of likely N-dealkylation sites (N-methyl/N-ethyl adjacent to an activating group) is 1. The molecule has 2 heterocycles. The van der Waals surface area contributed by atoms with Crippen LogP contribution in [0.2, 0.25) is 0 Å². The Morgan fingerprint density at radius 2 is 1.69 bits per heavy atom. The molecule has 0 radical (unpaired) electrons. The third kappa shape index (κ3) is 2.54. The molecule has 0 saturated carbocycles. The molecular weight excluding hydrogens is 324 g/mol. The maximum atomic E-state index is 12.2. The summed E-state index contributed by atoms with van der Waals surface area (Å²) in [6.07, 6.45) is 3.71. The molecule has 0 spiro atoms. The molecule has 0 saturated heterocycles. The van der Waals surface area contributed by atoms with Crippen molar-refractivity contribution in [2.45, 2.75) is 19.3 Å². The molecule has 4 nitrogen and oxygen atoms in total. The first-order chi connectivity index (χ1) is 12.5. The van der Waals surface area contributed by atoms with Crippen molar-refractivity contribution in [1.82, 2.24) is 0 Å². The molecule has 130 valence electrons. The zero-order chi connectivity index (χ0) is 18.3. The number of nitrogens with zero attached hydrogens (tertiary/aromatic N) is 2. The molecule has 2 aliphatic heterocycles. The van der Waals surface area contributed by atoms with Gasteiger partial charge in [0.25, 0.3) is 0 Å². The number of cyclic esters (lactones) is 1. The summed E-state index contributed by atoms with van der Waals surface area (Å²) in [6.45, 7) is 4.37. The quantitative estimate of drug-likeness (QED) is 0.606. The lowest BCUT2D eigenvalue weighted by Crippen LogP contribution is -2.22. The fourth-order valence-electron chi connectivity index (χ4n) is 3.59. The fraction of sp³-hybridized carbons (Fsp3) is 0.182. The van der Waals surface area contributed by atoms with Crippen molar-refractivity contribution < 1.29 is 9.53 Å². The van der Waals surface area contributed by atoms with Crippen LogP contribution in [0.25, 0.3) is 0 Å². The van der Waals surface area contributed by atoms with Crippen molar-refractivity contribution in [1.29, 1.82) is 0 Å². The molecule has 0 bridgehead atoms. The Balaban J connectivity index is 1.69. The number of esters is 1. The van der Waals surface area contributed by atoms with Gasteiger partial charge in [-0.05, 0) is 35.9 Å². The highest BCUT2D eigenvalue weighted by Crippen LogP contribution is 2.46. The minimum absolute atomic E-state index is 0.142. The number of allylic oxidation sites excluding steroid dienone is 3. The highest BCUT2D eigenvalue weighted by molar-refractivity contribution is 6.11. The van der Waals surface area contributed by atoms with E-state index in [1.54, 1.807) is 6.08 Å². The van der Waals surface area contributed by atoms with Crippen molar-refractivity contribution in [3.8, 4) is 0 Å².